The highest BCUT2D eigenvalue weighted by Crippen LogP contribution is 2.24. The van der Waals surface area contributed by atoms with Gasteiger partial charge in [0.2, 0.25) is 5.95 Å². The van der Waals surface area contributed by atoms with Gasteiger partial charge in [-0.2, -0.15) is 15.1 Å². The lowest BCUT2D eigenvalue weighted by Gasteiger charge is -2.22. The Balaban J connectivity index is 1.85. The van der Waals surface area contributed by atoms with E-state index in [0.717, 1.165) is 22.4 Å². The van der Waals surface area contributed by atoms with Crippen LogP contribution in [0.5, 0.6) is 0 Å². The Bertz CT molecular complexity index is 850. The van der Waals surface area contributed by atoms with Gasteiger partial charge in [-0.15, -0.1) is 0 Å². The Labute approximate surface area is 146 Å². The quantitative estimate of drug-likeness (QED) is 0.653. The van der Waals surface area contributed by atoms with E-state index in [4.69, 9.17) is 5.73 Å². The third-order valence-corrected chi connectivity index (χ3v) is 3.68. The molecule has 1 unspecified atom stereocenters. The van der Waals surface area contributed by atoms with Gasteiger partial charge in [0.05, 0.1) is 11.6 Å². The monoisotopic (exact) mass is 340 g/mol. The number of pyridine rings is 1. The Kier molecular flexibility index (Phi) is 4.54. The molecule has 3 heterocycles. The Morgan fingerprint density at radius 3 is 2.72 bits per heavy atom. The summed E-state index contributed by atoms with van der Waals surface area (Å²) in [5.74, 6) is 1.27. The molecule has 0 saturated carbocycles. The van der Waals surface area contributed by atoms with Gasteiger partial charge in [0, 0.05) is 37.6 Å². The third-order valence-electron chi connectivity index (χ3n) is 3.68. The molecule has 25 heavy (non-hydrogen) atoms. The van der Waals surface area contributed by atoms with Gasteiger partial charge in [0.25, 0.3) is 0 Å². The highest BCUT2D eigenvalue weighted by atomic mass is 15.3. The lowest BCUT2D eigenvalue weighted by molar-refractivity contribution is 0.631. The highest BCUT2D eigenvalue weighted by Gasteiger charge is 2.17. The van der Waals surface area contributed by atoms with Crippen molar-refractivity contribution in [2.75, 3.05) is 17.2 Å². The summed E-state index contributed by atoms with van der Waals surface area (Å²) in [4.78, 5) is 13.3. The van der Waals surface area contributed by atoms with Crippen molar-refractivity contribution < 1.29 is 0 Å². The van der Waals surface area contributed by atoms with E-state index < -0.39 is 0 Å². The van der Waals surface area contributed by atoms with Crippen LogP contribution < -0.4 is 16.4 Å². The number of fused-ring (bicyclic) bond motifs is 1. The van der Waals surface area contributed by atoms with Gasteiger partial charge in [-0.05, 0) is 32.4 Å². The molecule has 0 aliphatic heterocycles. The molecule has 0 aromatic carbocycles. The molecule has 0 radical (unpaired) electrons. The van der Waals surface area contributed by atoms with Gasteiger partial charge >= 0.3 is 0 Å². The molecule has 1 atom stereocenters. The van der Waals surface area contributed by atoms with Crippen molar-refractivity contribution in [3.05, 3.63) is 36.3 Å². The van der Waals surface area contributed by atoms with E-state index in [2.05, 4.69) is 51.5 Å². The van der Waals surface area contributed by atoms with Crippen LogP contribution in [-0.2, 0) is 7.05 Å². The molecule has 0 saturated heterocycles. The van der Waals surface area contributed by atoms with Gasteiger partial charge in [0.15, 0.2) is 5.65 Å². The maximum absolute atomic E-state index is 6.21. The fourth-order valence-corrected chi connectivity index (χ4v) is 2.47. The number of anilines is 2. The topological polar surface area (TPSA) is 107 Å². The fraction of sp³-hybridized carbons (Fsp3) is 0.412. The Morgan fingerprint density at radius 1 is 1.24 bits per heavy atom. The standard InChI is InChI=1S/C17H24N8/c1-17(2,3)24-14-12-9-21-25(4)15(12)23-16(22-14)20-10-13(18)11-6-5-7-19-8-11/h5-9,13H,10,18H2,1-4H3,(H2,20,22,23,24). The van der Waals surface area contributed by atoms with Crippen molar-refractivity contribution in [2.45, 2.75) is 32.4 Å². The van der Waals surface area contributed by atoms with Gasteiger partial charge in [-0.3, -0.25) is 9.67 Å². The number of nitrogens with one attached hydrogen (secondary N) is 2. The van der Waals surface area contributed by atoms with Crippen molar-refractivity contribution >= 4 is 22.8 Å². The number of aryl methyl sites for hydroxylation is 1. The zero-order chi connectivity index (χ0) is 18.0. The Morgan fingerprint density at radius 2 is 2.04 bits per heavy atom. The second kappa shape index (κ2) is 6.64. The van der Waals surface area contributed by atoms with Crippen LogP contribution in [0.4, 0.5) is 11.8 Å². The molecule has 3 aromatic heterocycles. The number of hydrogen-bond donors (Lipinski definition) is 3. The molecule has 0 aliphatic rings. The van der Waals surface area contributed by atoms with E-state index in [-0.39, 0.29) is 11.6 Å². The van der Waals surface area contributed by atoms with Crippen LogP contribution in [0.15, 0.2) is 30.7 Å². The second-order valence-corrected chi connectivity index (χ2v) is 7.05. The minimum absolute atomic E-state index is 0.124. The summed E-state index contributed by atoms with van der Waals surface area (Å²) < 4.78 is 1.73. The van der Waals surface area contributed by atoms with E-state index in [0.29, 0.717) is 12.5 Å². The van der Waals surface area contributed by atoms with Crippen LogP contribution in [-0.4, -0.2) is 36.8 Å². The average Bonchev–Trinajstić information content (AvgIpc) is 2.94. The average molecular weight is 340 g/mol. The smallest absolute Gasteiger partial charge is 0.226 e. The largest absolute Gasteiger partial charge is 0.365 e. The zero-order valence-corrected chi connectivity index (χ0v) is 15.0. The maximum atomic E-state index is 6.21. The summed E-state index contributed by atoms with van der Waals surface area (Å²) in [6, 6.07) is 3.63. The molecule has 0 bridgehead atoms. The first kappa shape index (κ1) is 17.1. The predicted octanol–water partition coefficient (Wildman–Crippen LogP) is 2.08. The molecule has 132 valence electrons. The third kappa shape index (κ3) is 4.03. The first-order valence-electron chi connectivity index (χ1n) is 8.21. The molecule has 8 nitrogen and oxygen atoms in total. The molecule has 0 spiro atoms. The number of rotatable bonds is 5. The van der Waals surface area contributed by atoms with E-state index in [1.807, 2.05) is 19.2 Å². The van der Waals surface area contributed by atoms with Crippen molar-refractivity contribution in [1.29, 1.82) is 0 Å². The van der Waals surface area contributed by atoms with Gasteiger partial charge in [-0.1, -0.05) is 6.07 Å². The molecule has 3 aromatic rings. The normalized spacial score (nSPS) is 13.0. The summed E-state index contributed by atoms with van der Waals surface area (Å²) in [6.45, 7) is 6.76. The van der Waals surface area contributed by atoms with E-state index in [9.17, 15) is 0 Å². The minimum Gasteiger partial charge on any atom is -0.365 e. The van der Waals surface area contributed by atoms with Crippen molar-refractivity contribution in [1.82, 2.24) is 24.7 Å². The van der Waals surface area contributed by atoms with Crippen LogP contribution in [0.1, 0.15) is 32.4 Å². The molecule has 3 rings (SSSR count). The fourth-order valence-electron chi connectivity index (χ4n) is 2.47. The van der Waals surface area contributed by atoms with E-state index in [1.165, 1.54) is 0 Å². The van der Waals surface area contributed by atoms with Gasteiger partial charge in [-0.25, -0.2) is 0 Å². The number of nitrogens with two attached hydrogens (primary N) is 1. The highest BCUT2D eigenvalue weighted by molar-refractivity contribution is 5.87. The maximum Gasteiger partial charge on any atom is 0.226 e. The summed E-state index contributed by atoms with van der Waals surface area (Å²) >= 11 is 0. The molecule has 0 fully saturated rings. The minimum atomic E-state index is -0.196. The van der Waals surface area contributed by atoms with Crippen LogP contribution >= 0.6 is 0 Å². The van der Waals surface area contributed by atoms with Crippen molar-refractivity contribution in [3.8, 4) is 0 Å². The van der Waals surface area contributed by atoms with Crippen LogP contribution in [0.2, 0.25) is 0 Å². The van der Waals surface area contributed by atoms with Crippen LogP contribution in [0.25, 0.3) is 11.0 Å². The van der Waals surface area contributed by atoms with Crippen molar-refractivity contribution in [2.24, 2.45) is 12.8 Å². The van der Waals surface area contributed by atoms with Gasteiger partial charge < -0.3 is 16.4 Å². The molecular weight excluding hydrogens is 316 g/mol. The van der Waals surface area contributed by atoms with Crippen molar-refractivity contribution in [3.63, 3.8) is 0 Å². The van der Waals surface area contributed by atoms with E-state index in [1.54, 1.807) is 23.3 Å². The predicted molar refractivity (Wildman–Crippen MR) is 99.3 cm³/mol. The first-order chi connectivity index (χ1) is 11.8. The molecule has 8 heteroatoms. The second-order valence-electron chi connectivity index (χ2n) is 7.05. The van der Waals surface area contributed by atoms with Crippen LogP contribution in [0.3, 0.4) is 0 Å². The summed E-state index contributed by atoms with van der Waals surface area (Å²) in [5, 5.41) is 11.8. The number of aromatic nitrogens is 5. The van der Waals surface area contributed by atoms with E-state index >= 15 is 0 Å². The zero-order valence-electron chi connectivity index (χ0n) is 15.0. The molecule has 0 aliphatic carbocycles. The SMILES string of the molecule is Cn1ncc2c(NC(C)(C)C)nc(NCC(N)c3cccnc3)nc21. The molecule has 4 N–H and O–H groups in total. The lowest BCUT2D eigenvalue weighted by Crippen LogP contribution is -2.27. The summed E-state index contributed by atoms with van der Waals surface area (Å²) in [5.41, 5.74) is 7.82. The number of hydrogen-bond acceptors (Lipinski definition) is 7. The summed E-state index contributed by atoms with van der Waals surface area (Å²) in [6.07, 6.45) is 5.27. The van der Waals surface area contributed by atoms with Crippen LogP contribution in [0, 0.1) is 0 Å². The Hall–Kier alpha value is -2.74. The summed E-state index contributed by atoms with van der Waals surface area (Å²) in [7, 11) is 1.86. The lowest BCUT2D eigenvalue weighted by atomic mass is 10.1. The number of nitrogens with zero attached hydrogens (tertiary/aromatic N) is 5. The molecular formula is C17H24N8. The molecule has 0 amide bonds. The first-order valence-corrected chi connectivity index (χ1v) is 8.21. The van der Waals surface area contributed by atoms with Gasteiger partial charge in [0.1, 0.15) is 5.82 Å².